The van der Waals surface area contributed by atoms with Crippen LogP contribution in [0.5, 0.6) is 0 Å². The summed E-state index contributed by atoms with van der Waals surface area (Å²) in [5.41, 5.74) is 4.33. The molecule has 0 aromatic carbocycles. The van der Waals surface area contributed by atoms with Gasteiger partial charge in [-0.3, -0.25) is 23.9 Å². The molecule has 1 fully saturated rings. The summed E-state index contributed by atoms with van der Waals surface area (Å²) in [6, 6.07) is 0. The van der Waals surface area contributed by atoms with Crippen LogP contribution in [0, 0.1) is 0 Å². The molecule has 0 spiro atoms. The zero-order valence-corrected chi connectivity index (χ0v) is 14.0. The molecule has 24 heavy (non-hydrogen) atoms. The second-order valence-electron chi connectivity index (χ2n) is 5.25. The van der Waals surface area contributed by atoms with Gasteiger partial charge >= 0.3 is 10.8 Å². The zero-order chi connectivity index (χ0) is 17.6. The summed E-state index contributed by atoms with van der Waals surface area (Å²) in [5.74, 6) is -1.23. The highest BCUT2D eigenvalue weighted by molar-refractivity contribution is 8.00. The second-order valence-corrected chi connectivity index (χ2v) is 7.55. The molecule has 130 valence electrons. The van der Waals surface area contributed by atoms with Gasteiger partial charge in [0.05, 0.1) is 17.8 Å². The van der Waals surface area contributed by atoms with E-state index < -0.39 is 39.4 Å². The zero-order valence-electron chi connectivity index (χ0n) is 12.3. The summed E-state index contributed by atoms with van der Waals surface area (Å²) in [6.07, 6.45) is -2.11. The Bertz CT molecular complexity index is 903. The Balaban J connectivity index is 2.13. The molecule has 1 saturated heterocycles. The predicted octanol–water partition coefficient (Wildman–Crippen LogP) is -0.459. The number of aliphatic carboxylic acids is 1. The first-order valence-electron chi connectivity index (χ1n) is 6.89. The molecule has 1 aliphatic heterocycles. The lowest BCUT2D eigenvalue weighted by Gasteiger charge is -2.17. The molecule has 2 aromatic heterocycles. The van der Waals surface area contributed by atoms with Crippen LogP contribution in [0.25, 0.3) is 10.3 Å². The summed E-state index contributed by atoms with van der Waals surface area (Å²) >= 11 is 1.80. The summed E-state index contributed by atoms with van der Waals surface area (Å²) in [5, 5.41) is 18.2. The average Bonchev–Trinajstić information content (AvgIpc) is 2.99. The molecule has 4 unspecified atom stereocenters. The number of thiazole rings is 1. The van der Waals surface area contributed by atoms with Gasteiger partial charge in [-0.05, 0) is 6.92 Å². The number of aromatic amines is 1. The van der Waals surface area contributed by atoms with Gasteiger partial charge in [0, 0.05) is 0 Å². The highest BCUT2D eigenvalue weighted by Gasteiger charge is 2.42. The molecule has 10 nitrogen and oxygen atoms in total. The van der Waals surface area contributed by atoms with Gasteiger partial charge in [-0.25, -0.2) is 0 Å². The first-order valence-corrected chi connectivity index (χ1v) is 8.65. The van der Waals surface area contributed by atoms with Crippen LogP contribution >= 0.6 is 23.1 Å². The summed E-state index contributed by atoms with van der Waals surface area (Å²) in [7, 11) is 0. The quantitative estimate of drug-likeness (QED) is 0.555. The maximum Gasteiger partial charge on any atom is 0.311 e. The van der Waals surface area contributed by atoms with Crippen molar-refractivity contribution >= 4 is 45.4 Å². The van der Waals surface area contributed by atoms with Crippen molar-refractivity contribution in [1.29, 1.82) is 0 Å². The summed E-state index contributed by atoms with van der Waals surface area (Å²) < 4.78 is 6.89. The third-order valence-electron chi connectivity index (χ3n) is 3.42. The van der Waals surface area contributed by atoms with Crippen molar-refractivity contribution in [3.63, 3.8) is 0 Å². The number of nitrogens with two attached hydrogens (primary N) is 1. The van der Waals surface area contributed by atoms with Crippen molar-refractivity contribution in [3.05, 3.63) is 20.0 Å². The van der Waals surface area contributed by atoms with Crippen LogP contribution in [-0.4, -0.2) is 47.5 Å². The van der Waals surface area contributed by atoms with Crippen molar-refractivity contribution in [3.8, 4) is 0 Å². The smallest absolute Gasteiger partial charge is 0.311 e. The van der Waals surface area contributed by atoms with E-state index >= 15 is 0 Å². The van der Waals surface area contributed by atoms with Crippen molar-refractivity contribution in [1.82, 2.24) is 14.5 Å². The molecule has 0 bridgehead atoms. The number of rotatable bonds is 4. The Labute approximate surface area is 142 Å². The van der Waals surface area contributed by atoms with Crippen molar-refractivity contribution in [2.45, 2.75) is 36.4 Å². The van der Waals surface area contributed by atoms with Gasteiger partial charge in [0.2, 0.25) is 5.95 Å². The topological polar surface area (TPSA) is 161 Å². The fraction of sp³-hybridized carbons (Fsp3) is 0.500. The number of fused-ring (bicyclic) bond motifs is 1. The Morgan fingerprint density at radius 2 is 2.25 bits per heavy atom. The number of aromatic nitrogens is 3. The van der Waals surface area contributed by atoms with E-state index in [1.165, 1.54) is 6.92 Å². The SMILES string of the molecule is CC(O)C1OC(n2c(=O)sc3c(=O)[nH]c(N)nc32)C(CC(=O)O)S1. The Morgan fingerprint density at radius 1 is 1.54 bits per heavy atom. The van der Waals surface area contributed by atoms with Gasteiger partial charge in [0.15, 0.2) is 11.9 Å². The number of H-pyrrole nitrogens is 1. The number of ether oxygens (including phenoxy) is 1. The van der Waals surface area contributed by atoms with Crippen LogP contribution in [-0.2, 0) is 9.53 Å². The standard InChI is InChI=1S/C12H14N4O6S2/c1-3(17)10-22-9(4(23-10)2-5(18)19)16-7-6(24-12(16)21)8(20)15-11(13)14-7/h3-4,9-10,17H,2H2,1H3,(H,18,19)(H3,13,14,15,20). The number of aliphatic hydroxyl groups is 1. The van der Waals surface area contributed by atoms with Crippen LogP contribution in [0.15, 0.2) is 9.59 Å². The lowest BCUT2D eigenvalue weighted by molar-refractivity contribution is -0.138. The van der Waals surface area contributed by atoms with E-state index in [0.717, 1.165) is 16.3 Å². The molecule has 0 saturated carbocycles. The van der Waals surface area contributed by atoms with Crippen molar-refractivity contribution in [2.75, 3.05) is 5.73 Å². The van der Waals surface area contributed by atoms with Crippen molar-refractivity contribution < 1.29 is 19.7 Å². The molecular weight excluding hydrogens is 360 g/mol. The molecule has 2 aromatic rings. The number of nitrogen functional groups attached to an aromatic ring is 1. The number of nitrogens with one attached hydrogen (secondary N) is 1. The first kappa shape index (κ1) is 17.0. The number of carboxylic acid groups (broad SMARTS) is 1. The molecule has 4 atom stereocenters. The van der Waals surface area contributed by atoms with E-state index in [1.54, 1.807) is 0 Å². The van der Waals surface area contributed by atoms with E-state index in [9.17, 15) is 19.5 Å². The first-order chi connectivity index (χ1) is 11.3. The van der Waals surface area contributed by atoms with Gasteiger partial charge in [0.1, 0.15) is 10.1 Å². The van der Waals surface area contributed by atoms with Crippen molar-refractivity contribution in [2.24, 2.45) is 0 Å². The Morgan fingerprint density at radius 3 is 2.88 bits per heavy atom. The maximum absolute atomic E-state index is 12.3. The number of anilines is 1. The Kier molecular flexibility index (Phi) is 4.38. The van der Waals surface area contributed by atoms with E-state index in [4.69, 9.17) is 15.6 Å². The number of thioether (sulfide) groups is 1. The number of hydrogen-bond acceptors (Lipinski definition) is 9. The number of carbonyl (C=O) groups is 1. The second kappa shape index (κ2) is 6.20. The molecule has 0 aliphatic carbocycles. The highest BCUT2D eigenvalue weighted by atomic mass is 32.2. The predicted molar refractivity (Wildman–Crippen MR) is 88.1 cm³/mol. The van der Waals surface area contributed by atoms with E-state index in [0.29, 0.717) is 11.3 Å². The minimum Gasteiger partial charge on any atom is -0.481 e. The van der Waals surface area contributed by atoms with Gasteiger partial charge in [0.25, 0.3) is 5.56 Å². The van der Waals surface area contributed by atoms with Crippen LogP contribution in [0.4, 0.5) is 5.95 Å². The number of nitrogens with zero attached hydrogens (tertiary/aromatic N) is 2. The van der Waals surface area contributed by atoms with E-state index in [-0.39, 0.29) is 22.7 Å². The number of carboxylic acids is 1. The van der Waals surface area contributed by atoms with Gasteiger partial charge in [-0.15, -0.1) is 11.8 Å². The summed E-state index contributed by atoms with van der Waals surface area (Å²) in [6.45, 7) is 1.51. The van der Waals surface area contributed by atoms with Gasteiger partial charge in [-0.1, -0.05) is 11.3 Å². The fourth-order valence-corrected chi connectivity index (χ4v) is 4.59. The molecule has 1 aliphatic rings. The van der Waals surface area contributed by atoms with Crippen LogP contribution < -0.4 is 16.2 Å². The minimum atomic E-state index is -1.06. The average molecular weight is 374 g/mol. The third-order valence-corrected chi connectivity index (χ3v) is 5.88. The van der Waals surface area contributed by atoms with Crippen LogP contribution in [0.3, 0.4) is 0 Å². The van der Waals surface area contributed by atoms with Gasteiger partial charge in [-0.2, -0.15) is 4.98 Å². The van der Waals surface area contributed by atoms with E-state index in [1.807, 2.05) is 0 Å². The monoisotopic (exact) mass is 374 g/mol. The van der Waals surface area contributed by atoms with Gasteiger partial charge < -0.3 is 20.7 Å². The third kappa shape index (κ3) is 2.92. The lowest BCUT2D eigenvalue weighted by atomic mass is 10.2. The van der Waals surface area contributed by atoms with Crippen LogP contribution in [0.2, 0.25) is 0 Å². The lowest BCUT2D eigenvalue weighted by Crippen LogP contribution is -2.29. The number of hydrogen-bond donors (Lipinski definition) is 4. The molecule has 0 amide bonds. The minimum absolute atomic E-state index is 0.0403. The largest absolute Gasteiger partial charge is 0.481 e. The van der Waals surface area contributed by atoms with Crippen LogP contribution in [0.1, 0.15) is 19.6 Å². The molecule has 3 rings (SSSR count). The Hall–Kier alpha value is -1.89. The fourth-order valence-electron chi connectivity index (χ4n) is 2.44. The molecule has 12 heteroatoms. The molecule has 3 heterocycles. The highest BCUT2D eigenvalue weighted by Crippen LogP contribution is 2.42. The normalized spacial score (nSPS) is 25.2. The number of aliphatic hydroxyl groups excluding tert-OH is 1. The molecule has 5 N–H and O–H groups in total. The summed E-state index contributed by atoms with van der Waals surface area (Å²) in [4.78, 5) is 41.1. The van der Waals surface area contributed by atoms with E-state index in [2.05, 4.69) is 9.97 Å². The molecular formula is C12H14N4O6S2. The molecule has 0 radical (unpaired) electrons. The maximum atomic E-state index is 12.3.